The lowest BCUT2D eigenvalue weighted by atomic mass is 9.96. The maximum absolute atomic E-state index is 12.7. The fraction of sp³-hybridized carbons (Fsp3) is 0.500. The van der Waals surface area contributed by atoms with Gasteiger partial charge < -0.3 is 5.11 Å². The van der Waals surface area contributed by atoms with Gasteiger partial charge in [-0.3, -0.25) is 0 Å². The minimum atomic E-state index is -4.35. The number of aliphatic hydroxyl groups excluding tert-OH is 1. The Labute approximate surface area is 92.9 Å². The smallest absolute Gasteiger partial charge is 0.392 e. The second kappa shape index (κ2) is 4.87. The van der Waals surface area contributed by atoms with Crippen LogP contribution < -0.4 is 0 Å². The van der Waals surface area contributed by atoms with Crippen LogP contribution >= 0.6 is 0 Å². The van der Waals surface area contributed by atoms with Crippen molar-refractivity contribution in [2.45, 2.75) is 33.1 Å². The Hall–Kier alpha value is -1.03. The number of hydrogen-bond donors (Lipinski definition) is 1. The van der Waals surface area contributed by atoms with Gasteiger partial charge in [-0.15, -0.1) is 0 Å². The molecule has 0 spiro atoms. The highest BCUT2D eigenvalue weighted by Crippen LogP contribution is 2.33. The molecule has 0 aromatic heterocycles. The molecule has 4 heteroatoms. The van der Waals surface area contributed by atoms with E-state index >= 15 is 0 Å². The van der Waals surface area contributed by atoms with E-state index in [0.29, 0.717) is 17.5 Å². The van der Waals surface area contributed by atoms with E-state index in [1.807, 2.05) is 13.8 Å². The third-order valence-electron chi connectivity index (χ3n) is 2.29. The van der Waals surface area contributed by atoms with Crippen LogP contribution in [0.5, 0.6) is 0 Å². The molecule has 16 heavy (non-hydrogen) atoms. The summed E-state index contributed by atoms with van der Waals surface area (Å²) in [6.45, 7) is 3.38. The zero-order valence-corrected chi connectivity index (χ0v) is 9.30. The molecule has 0 aliphatic heterocycles. The lowest BCUT2D eigenvalue weighted by Crippen LogP contribution is -2.11. The first-order valence-electron chi connectivity index (χ1n) is 5.14. The fourth-order valence-corrected chi connectivity index (χ4v) is 1.60. The van der Waals surface area contributed by atoms with Crippen molar-refractivity contribution >= 4 is 0 Å². The van der Waals surface area contributed by atoms with Gasteiger partial charge in [0.15, 0.2) is 0 Å². The van der Waals surface area contributed by atoms with Gasteiger partial charge in [0, 0.05) is 0 Å². The summed E-state index contributed by atoms with van der Waals surface area (Å²) in [5.74, 6) is 0.168. The maximum Gasteiger partial charge on any atom is 0.416 e. The molecule has 0 saturated heterocycles. The first-order chi connectivity index (χ1) is 7.34. The molecule has 0 heterocycles. The van der Waals surface area contributed by atoms with Crippen LogP contribution in [0.1, 0.15) is 30.5 Å². The van der Waals surface area contributed by atoms with Gasteiger partial charge in [-0.25, -0.2) is 0 Å². The van der Waals surface area contributed by atoms with Crippen LogP contribution in [0.15, 0.2) is 18.2 Å². The predicted molar refractivity (Wildman–Crippen MR) is 55.9 cm³/mol. The molecule has 0 fully saturated rings. The first kappa shape index (κ1) is 13.0. The van der Waals surface area contributed by atoms with E-state index in [0.717, 1.165) is 6.07 Å². The largest absolute Gasteiger partial charge is 0.416 e. The third kappa shape index (κ3) is 3.23. The van der Waals surface area contributed by atoms with E-state index in [4.69, 9.17) is 5.11 Å². The number of aliphatic hydroxyl groups is 1. The molecule has 0 bridgehead atoms. The topological polar surface area (TPSA) is 20.2 Å². The molecule has 1 nitrogen and oxygen atoms in total. The van der Waals surface area contributed by atoms with Crippen molar-refractivity contribution in [2.24, 2.45) is 5.92 Å². The normalized spacial score (nSPS) is 12.2. The number of halogens is 3. The van der Waals surface area contributed by atoms with Crippen molar-refractivity contribution in [1.29, 1.82) is 0 Å². The van der Waals surface area contributed by atoms with E-state index in [1.54, 1.807) is 0 Å². The molecule has 0 aliphatic rings. The van der Waals surface area contributed by atoms with Crippen LogP contribution in [0.3, 0.4) is 0 Å². The standard InChI is InChI=1S/C12H15F3O/c1-8(2)5-10-4-3-9(7-16)6-11(10)12(13,14)15/h3-4,6,8,16H,5,7H2,1-2H3. The van der Waals surface area contributed by atoms with Gasteiger partial charge in [-0.05, 0) is 29.5 Å². The van der Waals surface area contributed by atoms with Crippen molar-refractivity contribution in [3.05, 3.63) is 34.9 Å². The van der Waals surface area contributed by atoms with E-state index < -0.39 is 11.7 Å². The van der Waals surface area contributed by atoms with Crippen molar-refractivity contribution in [1.82, 2.24) is 0 Å². The molecule has 0 saturated carbocycles. The van der Waals surface area contributed by atoms with Crippen LogP contribution in [-0.4, -0.2) is 5.11 Å². The van der Waals surface area contributed by atoms with Gasteiger partial charge in [0.25, 0.3) is 0 Å². The van der Waals surface area contributed by atoms with E-state index in [9.17, 15) is 13.2 Å². The lowest BCUT2D eigenvalue weighted by molar-refractivity contribution is -0.138. The Morgan fingerprint density at radius 1 is 1.25 bits per heavy atom. The summed E-state index contributed by atoms with van der Waals surface area (Å²) in [4.78, 5) is 0. The summed E-state index contributed by atoms with van der Waals surface area (Å²) in [6.07, 6.45) is -3.96. The van der Waals surface area contributed by atoms with Crippen LogP contribution in [-0.2, 0) is 19.2 Å². The highest BCUT2D eigenvalue weighted by Gasteiger charge is 2.33. The monoisotopic (exact) mass is 232 g/mol. The Kier molecular flexibility index (Phi) is 3.97. The minimum absolute atomic E-state index is 0.168. The number of rotatable bonds is 3. The minimum Gasteiger partial charge on any atom is -0.392 e. The quantitative estimate of drug-likeness (QED) is 0.846. The van der Waals surface area contributed by atoms with E-state index in [1.165, 1.54) is 12.1 Å². The predicted octanol–water partition coefficient (Wildman–Crippen LogP) is 3.40. The molecule has 1 N–H and O–H groups in total. The van der Waals surface area contributed by atoms with Crippen LogP contribution in [0.4, 0.5) is 13.2 Å². The maximum atomic E-state index is 12.7. The van der Waals surface area contributed by atoms with Crippen molar-refractivity contribution in [3.8, 4) is 0 Å². The lowest BCUT2D eigenvalue weighted by Gasteiger charge is -2.15. The summed E-state index contributed by atoms with van der Waals surface area (Å²) in [6, 6.07) is 4.01. The highest BCUT2D eigenvalue weighted by atomic mass is 19.4. The molecule has 0 unspecified atom stereocenters. The molecule has 0 amide bonds. The van der Waals surface area contributed by atoms with Crippen LogP contribution in [0.25, 0.3) is 0 Å². The van der Waals surface area contributed by atoms with E-state index in [2.05, 4.69) is 0 Å². The Morgan fingerprint density at radius 3 is 2.31 bits per heavy atom. The molecular formula is C12H15F3O. The third-order valence-corrected chi connectivity index (χ3v) is 2.29. The Balaban J connectivity index is 3.17. The van der Waals surface area contributed by atoms with E-state index in [-0.39, 0.29) is 12.5 Å². The summed E-state index contributed by atoms with van der Waals surface area (Å²) in [7, 11) is 0. The molecule has 1 rings (SSSR count). The average Bonchev–Trinajstić information content (AvgIpc) is 2.15. The molecule has 90 valence electrons. The molecule has 0 aliphatic carbocycles. The Bertz CT molecular complexity index is 356. The Morgan fingerprint density at radius 2 is 1.88 bits per heavy atom. The number of benzene rings is 1. The zero-order valence-electron chi connectivity index (χ0n) is 9.30. The molecule has 0 atom stereocenters. The fourth-order valence-electron chi connectivity index (χ4n) is 1.60. The summed E-state index contributed by atoms with van der Waals surface area (Å²) >= 11 is 0. The molecule has 1 aromatic carbocycles. The SMILES string of the molecule is CC(C)Cc1ccc(CO)cc1C(F)(F)F. The van der Waals surface area contributed by atoms with Gasteiger partial charge in [0.2, 0.25) is 0 Å². The van der Waals surface area contributed by atoms with Gasteiger partial charge in [0.05, 0.1) is 12.2 Å². The van der Waals surface area contributed by atoms with Crippen molar-refractivity contribution < 1.29 is 18.3 Å². The number of alkyl halides is 3. The summed E-state index contributed by atoms with van der Waals surface area (Å²) in [5, 5.41) is 8.83. The van der Waals surface area contributed by atoms with Crippen LogP contribution in [0.2, 0.25) is 0 Å². The summed E-state index contributed by atoms with van der Waals surface area (Å²) < 4.78 is 38.2. The summed E-state index contributed by atoms with van der Waals surface area (Å²) in [5.41, 5.74) is -0.0488. The molecule has 1 aromatic rings. The van der Waals surface area contributed by atoms with Gasteiger partial charge >= 0.3 is 6.18 Å². The van der Waals surface area contributed by atoms with Crippen molar-refractivity contribution in [3.63, 3.8) is 0 Å². The average molecular weight is 232 g/mol. The highest BCUT2D eigenvalue weighted by molar-refractivity contribution is 5.34. The van der Waals surface area contributed by atoms with Gasteiger partial charge in [0.1, 0.15) is 0 Å². The molecule has 0 radical (unpaired) electrons. The van der Waals surface area contributed by atoms with Crippen LogP contribution in [0, 0.1) is 5.92 Å². The molecular weight excluding hydrogens is 217 g/mol. The van der Waals surface area contributed by atoms with Gasteiger partial charge in [-0.2, -0.15) is 13.2 Å². The first-order valence-corrected chi connectivity index (χ1v) is 5.14. The van der Waals surface area contributed by atoms with Crippen molar-refractivity contribution in [2.75, 3.05) is 0 Å². The zero-order chi connectivity index (χ0) is 12.3. The second-order valence-electron chi connectivity index (χ2n) is 4.25. The second-order valence-corrected chi connectivity index (χ2v) is 4.25. The number of hydrogen-bond acceptors (Lipinski definition) is 1. The van der Waals surface area contributed by atoms with Gasteiger partial charge in [-0.1, -0.05) is 26.0 Å².